The van der Waals surface area contributed by atoms with E-state index in [4.69, 9.17) is 18.7 Å². The molecule has 4 rings (SSSR count). The van der Waals surface area contributed by atoms with E-state index in [1.165, 1.54) is 0 Å². The van der Waals surface area contributed by atoms with Crippen LogP contribution in [0, 0.1) is 0 Å². The van der Waals surface area contributed by atoms with E-state index in [2.05, 4.69) is 20.0 Å². The number of pyridine rings is 1. The highest BCUT2D eigenvalue weighted by Crippen LogP contribution is 2.40. The Morgan fingerprint density at radius 3 is 2.44 bits per heavy atom. The van der Waals surface area contributed by atoms with Crippen LogP contribution < -0.4 is 19.1 Å². The van der Waals surface area contributed by atoms with E-state index in [-0.39, 0.29) is 6.04 Å². The Balaban J connectivity index is 1.53. The Kier molecular flexibility index (Phi) is 6.45. The minimum atomic E-state index is 0.0596. The molecule has 0 spiro atoms. The number of ether oxygens (including phenoxy) is 3. The smallest absolute Gasteiger partial charge is 0.244 e. The number of benzene rings is 1. The van der Waals surface area contributed by atoms with E-state index in [0.717, 1.165) is 36.3 Å². The normalized spacial score (nSPS) is 16.2. The molecule has 9 heteroatoms. The van der Waals surface area contributed by atoms with Crippen molar-refractivity contribution in [2.24, 2.45) is 0 Å². The molecule has 0 saturated carbocycles. The van der Waals surface area contributed by atoms with Gasteiger partial charge < -0.3 is 23.6 Å². The van der Waals surface area contributed by atoms with Crippen molar-refractivity contribution in [3.63, 3.8) is 0 Å². The largest absolute Gasteiger partial charge is 0.493 e. The van der Waals surface area contributed by atoms with Crippen LogP contribution in [-0.4, -0.2) is 62.0 Å². The molecular weight excluding hydrogens is 410 g/mol. The number of hydrogen-bond acceptors (Lipinski definition) is 9. The van der Waals surface area contributed by atoms with Crippen molar-refractivity contribution in [3.8, 4) is 28.6 Å². The minimum absolute atomic E-state index is 0.0596. The van der Waals surface area contributed by atoms with Gasteiger partial charge in [-0.2, -0.15) is 4.98 Å². The average Bonchev–Trinajstić information content (AvgIpc) is 3.48. The van der Waals surface area contributed by atoms with E-state index < -0.39 is 0 Å². The summed E-state index contributed by atoms with van der Waals surface area (Å²) in [6.45, 7) is 1.65. The molecule has 1 fully saturated rings. The van der Waals surface area contributed by atoms with Gasteiger partial charge >= 0.3 is 0 Å². The molecule has 1 saturated heterocycles. The fraction of sp³-hybridized carbons (Fsp3) is 0.435. The van der Waals surface area contributed by atoms with Crippen molar-refractivity contribution in [2.45, 2.75) is 25.4 Å². The Bertz CT molecular complexity index is 1030. The molecule has 9 nitrogen and oxygen atoms in total. The number of anilines is 1. The van der Waals surface area contributed by atoms with Gasteiger partial charge in [0.1, 0.15) is 5.82 Å². The van der Waals surface area contributed by atoms with Crippen molar-refractivity contribution in [2.75, 3.05) is 46.9 Å². The molecule has 0 amide bonds. The summed E-state index contributed by atoms with van der Waals surface area (Å²) in [5, 5.41) is 4.20. The quantitative estimate of drug-likeness (QED) is 0.523. The minimum Gasteiger partial charge on any atom is -0.493 e. The fourth-order valence-electron chi connectivity index (χ4n) is 4.03. The van der Waals surface area contributed by atoms with Gasteiger partial charge in [0.05, 0.1) is 27.4 Å². The molecule has 32 heavy (non-hydrogen) atoms. The first kappa shape index (κ1) is 21.9. The van der Waals surface area contributed by atoms with Crippen LogP contribution in [0.25, 0.3) is 11.4 Å². The molecule has 1 atom stereocenters. The lowest BCUT2D eigenvalue weighted by Gasteiger charge is -2.22. The molecule has 0 radical (unpaired) electrons. The third-order valence-electron chi connectivity index (χ3n) is 5.66. The molecule has 3 heterocycles. The maximum absolute atomic E-state index is 5.66. The lowest BCUT2D eigenvalue weighted by atomic mass is 10.1. The third-order valence-corrected chi connectivity index (χ3v) is 5.66. The average molecular weight is 440 g/mol. The van der Waals surface area contributed by atoms with Crippen LogP contribution in [0.15, 0.2) is 35.0 Å². The lowest BCUT2D eigenvalue weighted by molar-refractivity contribution is 0.200. The topological polar surface area (TPSA) is 86.0 Å². The number of nitrogens with zero attached hydrogens (tertiary/aromatic N) is 5. The number of aromatic nitrogens is 3. The highest BCUT2D eigenvalue weighted by molar-refractivity contribution is 5.56. The van der Waals surface area contributed by atoms with E-state index in [1.807, 2.05) is 43.3 Å². The third kappa shape index (κ3) is 4.34. The molecule has 1 aromatic carbocycles. The molecular formula is C23H29N5O4. The van der Waals surface area contributed by atoms with Crippen LogP contribution in [0.5, 0.6) is 17.2 Å². The molecule has 0 N–H and O–H groups in total. The molecule has 0 aliphatic carbocycles. The van der Waals surface area contributed by atoms with Gasteiger partial charge in [-0.1, -0.05) is 5.16 Å². The zero-order valence-electron chi connectivity index (χ0n) is 19.2. The predicted octanol–water partition coefficient (Wildman–Crippen LogP) is 3.56. The highest BCUT2D eigenvalue weighted by Gasteiger charge is 2.31. The van der Waals surface area contributed by atoms with Crippen molar-refractivity contribution in [1.82, 2.24) is 20.0 Å². The van der Waals surface area contributed by atoms with Crippen molar-refractivity contribution < 1.29 is 18.7 Å². The summed E-state index contributed by atoms with van der Waals surface area (Å²) in [5.74, 6) is 3.94. The molecule has 0 bridgehead atoms. The van der Waals surface area contributed by atoms with E-state index >= 15 is 0 Å². The fourth-order valence-corrected chi connectivity index (χ4v) is 4.03. The van der Waals surface area contributed by atoms with Gasteiger partial charge in [-0.25, -0.2) is 4.98 Å². The second kappa shape index (κ2) is 9.44. The Hall–Kier alpha value is -3.33. The SMILES string of the molecule is COc1cc(CN2CCCC2c2nc(-c3ccc(N(C)C)nc3)no2)cc(OC)c1OC. The Morgan fingerprint density at radius 1 is 1.09 bits per heavy atom. The molecule has 1 aliphatic heterocycles. The van der Waals surface area contributed by atoms with Crippen molar-refractivity contribution in [1.29, 1.82) is 0 Å². The highest BCUT2D eigenvalue weighted by atomic mass is 16.5. The first-order valence-corrected chi connectivity index (χ1v) is 10.5. The Morgan fingerprint density at radius 2 is 1.84 bits per heavy atom. The van der Waals surface area contributed by atoms with Gasteiger partial charge in [-0.05, 0) is 49.2 Å². The van der Waals surface area contributed by atoms with Gasteiger partial charge in [-0.15, -0.1) is 0 Å². The van der Waals surface area contributed by atoms with Gasteiger partial charge in [0, 0.05) is 32.4 Å². The van der Waals surface area contributed by atoms with E-state index in [0.29, 0.717) is 35.5 Å². The first-order valence-electron chi connectivity index (χ1n) is 10.5. The predicted molar refractivity (Wildman–Crippen MR) is 120 cm³/mol. The van der Waals surface area contributed by atoms with Crippen LogP contribution >= 0.6 is 0 Å². The van der Waals surface area contributed by atoms with Gasteiger partial charge in [0.15, 0.2) is 11.5 Å². The van der Waals surface area contributed by atoms with E-state index in [1.54, 1.807) is 27.5 Å². The van der Waals surface area contributed by atoms with Crippen molar-refractivity contribution >= 4 is 5.82 Å². The second-order valence-corrected chi connectivity index (χ2v) is 7.92. The summed E-state index contributed by atoms with van der Waals surface area (Å²) in [7, 11) is 8.76. The zero-order chi connectivity index (χ0) is 22.7. The summed E-state index contributed by atoms with van der Waals surface area (Å²) in [6.07, 6.45) is 3.79. The number of likely N-dealkylation sites (tertiary alicyclic amines) is 1. The Labute approximate surface area is 187 Å². The molecule has 170 valence electrons. The lowest BCUT2D eigenvalue weighted by Crippen LogP contribution is -2.23. The summed E-state index contributed by atoms with van der Waals surface area (Å²) < 4.78 is 22.1. The zero-order valence-corrected chi connectivity index (χ0v) is 19.2. The maximum Gasteiger partial charge on any atom is 0.244 e. The van der Waals surface area contributed by atoms with Crippen molar-refractivity contribution in [3.05, 3.63) is 41.9 Å². The van der Waals surface area contributed by atoms with Crippen LogP contribution in [0.4, 0.5) is 5.82 Å². The molecule has 1 unspecified atom stereocenters. The molecule has 1 aliphatic rings. The molecule has 3 aromatic rings. The summed E-state index contributed by atoms with van der Waals surface area (Å²) in [6, 6.07) is 7.92. The standard InChI is InChI=1S/C23H29N5O4/c1-27(2)20-9-8-16(13-24-20)22-25-23(32-26-22)17-7-6-10-28(17)14-15-11-18(29-3)21(31-5)19(12-15)30-4/h8-9,11-13,17H,6-7,10,14H2,1-5H3. The second-order valence-electron chi connectivity index (χ2n) is 7.92. The van der Waals surface area contributed by atoms with Gasteiger partial charge in [-0.3, -0.25) is 4.90 Å². The van der Waals surface area contributed by atoms with E-state index in [9.17, 15) is 0 Å². The number of methoxy groups -OCH3 is 3. The number of hydrogen-bond donors (Lipinski definition) is 0. The summed E-state index contributed by atoms with van der Waals surface area (Å²) in [4.78, 5) is 13.4. The molecule has 2 aromatic heterocycles. The maximum atomic E-state index is 5.66. The van der Waals surface area contributed by atoms with Gasteiger partial charge in [0.2, 0.25) is 17.5 Å². The summed E-state index contributed by atoms with van der Waals surface area (Å²) >= 11 is 0. The number of rotatable bonds is 8. The van der Waals surface area contributed by atoms with Crippen LogP contribution in [-0.2, 0) is 6.54 Å². The first-order chi connectivity index (χ1) is 15.5. The van der Waals surface area contributed by atoms with Crippen LogP contribution in [0.1, 0.15) is 30.3 Å². The van der Waals surface area contributed by atoms with Gasteiger partial charge in [0.25, 0.3) is 0 Å². The monoisotopic (exact) mass is 439 g/mol. The van der Waals surface area contributed by atoms with Crippen LogP contribution in [0.2, 0.25) is 0 Å². The summed E-state index contributed by atoms with van der Waals surface area (Å²) in [5.41, 5.74) is 1.90. The van der Waals surface area contributed by atoms with Crippen LogP contribution in [0.3, 0.4) is 0 Å².